The summed E-state index contributed by atoms with van der Waals surface area (Å²) in [6.07, 6.45) is 1.00. The summed E-state index contributed by atoms with van der Waals surface area (Å²) in [5.41, 5.74) is 5.33. The van der Waals surface area contributed by atoms with Crippen LogP contribution in [0.1, 0.15) is 20.3 Å². The van der Waals surface area contributed by atoms with Crippen LogP contribution in [0.4, 0.5) is 0 Å². The molecule has 0 aliphatic rings. The molecule has 1 atom stereocenters. The molecule has 0 aromatic rings. The van der Waals surface area contributed by atoms with E-state index in [1.165, 1.54) is 0 Å². The maximum absolute atomic E-state index is 10.4. The summed E-state index contributed by atoms with van der Waals surface area (Å²) >= 11 is 0. The summed E-state index contributed by atoms with van der Waals surface area (Å²) < 4.78 is 0. The average molecular weight is 217 g/mol. The van der Waals surface area contributed by atoms with Crippen molar-refractivity contribution in [3.63, 3.8) is 0 Å². The van der Waals surface area contributed by atoms with E-state index in [1.807, 2.05) is 0 Å². The normalized spacial score (nSPS) is 13.5. The topological polar surface area (TPSA) is 78.6 Å². The first-order valence-electron chi connectivity index (χ1n) is 5.34. The van der Waals surface area contributed by atoms with E-state index < -0.39 is 12.0 Å². The Kier molecular flexibility index (Phi) is 7.29. The van der Waals surface area contributed by atoms with Gasteiger partial charge in [-0.3, -0.25) is 4.79 Å². The highest BCUT2D eigenvalue weighted by Crippen LogP contribution is 1.93. The van der Waals surface area contributed by atoms with Crippen LogP contribution in [-0.2, 0) is 4.79 Å². The van der Waals surface area contributed by atoms with Gasteiger partial charge in [-0.1, -0.05) is 0 Å². The van der Waals surface area contributed by atoms with Crippen LogP contribution in [0, 0.1) is 0 Å². The SMILES string of the molecule is CC(C)N(C)CCCNCC(N)C(=O)O. The van der Waals surface area contributed by atoms with E-state index >= 15 is 0 Å². The first-order chi connectivity index (χ1) is 6.95. The van der Waals surface area contributed by atoms with Crippen LogP contribution in [0.2, 0.25) is 0 Å². The first kappa shape index (κ1) is 14.3. The van der Waals surface area contributed by atoms with Crippen molar-refractivity contribution in [1.29, 1.82) is 0 Å². The predicted octanol–water partition coefficient (Wildman–Crippen LogP) is -0.282. The molecule has 0 radical (unpaired) electrons. The van der Waals surface area contributed by atoms with Crippen molar-refractivity contribution in [3.05, 3.63) is 0 Å². The van der Waals surface area contributed by atoms with Gasteiger partial charge in [0.25, 0.3) is 0 Å². The zero-order valence-corrected chi connectivity index (χ0v) is 9.86. The molecule has 0 spiro atoms. The molecule has 0 aliphatic heterocycles. The fourth-order valence-electron chi connectivity index (χ4n) is 1.06. The Bertz CT molecular complexity index is 186. The number of carboxylic acid groups (broad SMARTS) is 1. The monoisotopic (exact) mass is 217 g/mol. The maximum atomic E-state index is 10.4. The number of hydrogen-bond donors (Lipinski definition) is 3. The molecule has 15 heavy (non-hydrogen) atoms. The number of rotatable bonds is 8. The molecular weight excluding hydrogens is 194 g/mol. The standard InChI is InChI=1S/C10H23N3O2/c1-8(2)13(3)6-4-5-12-7-9(11)10(14)15/h8-9,12H,4-7,11H2,1-3H3,(H,14,15). The van der Waals surface area contributed by atoms with Gasteiger partial charge in [-0.25, -0.2) is 0 Å². The van der Waals surface area contributed by atoms with Gasteiger partial charge in [0.05, 0.1) is 0 Å². The van der Waals surface area contributed by atoms with Gasteiger partial charge in [0.2, 0.25) is 0 Å². The van der Waals surface area contributed by atoms with Crippen LogP contribution in [-0.4, -0.2) is 54.7 Å². The van der Waals surface area contributed by atoms with Crippen LogP contribution in [0.15, 0.2) is 0 Å². The molecule has 0 saturated heterocycles. The summed E-state index contributed by atoms with van der Waals surface area (Å²) in [4.78, 5) is 12.6. The van der Waals surface area contributed by atoms with E-state index in [9.17, 15) is 4.79 Å². The number of nitrogens with two attached hydrogens (primary N) is 1. The second-order valence-corrected chi connectivity index (χ2v) is 4.08. The summed E-state index contributed by atoms with van der Waals surface area (Å²) in [6, 6.07) is -0.251. The van der Waals surface area contributed by atoms with Gasteiger partial charge in [-0.2, -0.15) is 0 Å². The van der Waals surface area contributed by atoms with E-state index in [4.69, 9.17) is 10.8 Å². The van der Waals surface area contributed by atoms with Crippen molar-refractivity contribution in [3.8, 4) is 0 Å². The zero-order valence-electron chi connectivity index (χ0n) is 9.86. The molecule has 0 aliphatic carbocycles. The second kappa shape index (κ2) is 7.62. The zero-order chi connectivity index (χ0) is 11.8. The van der Waals surface area contributed by atoms with Crippen molar-refractivity contribution in [2.75, 3.05) is 26.7 Å². The van der Waals surface area contributed by atoms with Crippen molar-refractivity contribution in [1.82, 2.24) is 10.2 Å². The Morgan fingerprint density at radius 3 is 2.60 bits per heavy atom. The molecule has 90 valence electrons. The van der Waals surface area contributed by atoms with E-state index in [1.54, 1.807) is 0 Å². The predicted molar refractivity (Wildman–Crippen MR) is 60.9 cm³/mol. The largest absolute Gasteiger partial charge is 0.480 e. The van der Waals surface area contributed by atoms with Gasteiger partial charge in [0.15, 0.2) is 0 Å². The number of nitrogens with zero attached hydrogens (tertiary/aromatic N) is 1. The number of carbonyl (C=O) groups is 1. The van der Waals surface area contributed by atoms with Crippen molar-refractivity contribution in [2.45, 2.75) is 32.4 Å². The highest BCUT2D eigenvalue weighted by molar-refractivity contribution is 5.73. The molecule has 0 aromatic carbocycles. The molecule has 0 fully saturated rings. The Hall–Kier alpha value is -0.650. The summed E-state index contributed by atoms with van der Waals surface area (Å²) in [7, 11) is 2.08. The lowest BCUT2D eigenvalue weighted by Crippen LogP contribution is -2.41. The minimum Gasteiger partial charge on any atom is -0.480 e. The summed E-state index contributed by atoms with van der Waals surface area (Å²) in [6.45, 7) is 6.44. The van der Waals surface area contributed by atoms with E-state index in [-0.39, 0.29) is 0 Å². The van der Waals surface area contributed by atoms with Crippen LogP contribution >= 0.6 is 0 Å². The van der Waals surface area contributed by atoms with Crippen LogP contribution in [0.25, 0.3) is 0 Å². The minimum atomic E-state index is -0.957. The van der Waals surface area contributed by atoms with E-state index in [0.717, 1.165) is 19.5 Å². The number of hydrogen-bond acceptors (Lipinski definition) is 4. The molecule has 5 heteroatoms. The molecule has 4 N–H and O–H groups in total. The molecule has 1 unspecified atom stereocenters. The summed E-state index contributed by atoms with van der Waals surface area (Å²) in [5, 5.41) is 11.6. The lowest BCUT2D eigenvalue weighted by molar-refractivity contribution is -0.138. The molecule has 0 amide bonds. The Balaban J connectivity index is 3.36. The second-order valence-electron chi connectivity index (χ2n) is 4.08. The van der Waals surface area contributed by atoms with Gasteiger partial charge < -0.3 is 21.1 Å². The molecule has 5 nitrogen and oxygen atoms in total. The van der Waals surface area contributed by atoms with Crippen LogP contribution in [0.5, 0.6) is 0 Å². The Morgan fingerprint density at radius 2 is 2.13 bits per heavy atom. The fraction of sp³-hybridized carbons (Fsp3) is 0.900. The van der Waals surface area contributed by atoms with Crippen LogP contribution in [0.3, 0.4) is 0 Å². The van der Waals surface area contributed by atoms with Crippen molar-refractivity contribution < 1.29 is 9.90 Å². The third kappa shape index (κ3) is 7.30. The van der Waals surface area contributed by atoms with E-state index in [0.29, 0.717) is 12.6 Å². The molecule has 0 saturated carbocycles. The highest BCUT2D eigenvalue weighted by atomic mass is 16.4. The van der Waals surface area contributed by atoms with Gasteiger partial charge in [0.1, 0.15) is 6.04 Å². The average Bonchev–Trinajstić information content (AvgIpc) is 2.16. The van der Waals surface area contributed by atoms with Crippen molar-refractivity contribution in [2.24, 2.45) is 5.73 Å². The summed E-state index contributed by atoms with van der Waals surface area (Å²) in [5.74, 6) is -0.957. The first-order valence-corrected chi connectivity index (χ1v) is 5.34. The maximum Gasteiger partial charge on any atom is 0.321 e. The number of aliphatic carboxylic acids is 1. The van der Waals surface area contributed by atoms with E-state index in [2.05, 4.69) is 31.1 Å². The lowest BCUT2D eigenvalue weighted by atomic mass is 10.3. The van der Waals surface area contributed by atoms with Gasteiger partial charge in [0, 0.05) is 12.6 Å². The number of carboxylic acids is 1. The highest BCUT2D eigenvalue weighted by Gasteiger charge is 2.09. The van der Waals surface area contributed by atoms with Crippen molar-refractivity contribution >= 4 is 5.97 Å². The van der Waals surface area contributed by atoms with Gasteiger partial charge >= 0.3 is 5.97 Å². The molecule has 0 heterocycles. The third-order valence-electron chi connectivity index (χ3n) is 2.43. The molecule has 0 rings (SSSR count). The lowest BCUT2D eigenvalue weighted by Gasteiger charge is -2.20. The van der Waals surface area contributed by atoms with Gasteiger partial charge in [-0.15, -0.1) is 0 Å². The Morgan fingerprint density at radius 1 is 1.53 bits per heavy atom. The van der Waals surface area contributed by atoms with Gasteiger partial charge in [-0.05, 0) is 40.4 Å². The fourth-order valence-corrected chi connectivity index (χ4v) is 1.06. The van der Waals surface area contributed by atoms with Crippen LogP contribution < -0.4 is 11.1 Å². The molecule has 0 aromatic heterocycles. The quantitative estimate of drug-likeness (QED) is 0.487. The third-order valence-corrected chi connectivity index (χ3v) is 2.43. The smallest absolute Gasteiger partial charge is 0.321 e. The number of nitrogens with one attached hydrogen (secondary N) is 1. The Labute approximate surface area is 91.6 Å². The molecular formula is C10H23N3O2. The minimum absolute atomic E-state index is 0.334. The molecule has 0 bridgehead atoms.